The molecule has 19 heavy (non-hydrogen) atoms. The summed E-state index contributed by atoms with van der Waals surface area (Å²) >= 11 is 0. The van der Waals surface area contributed by atoms with Crippen molar-refractivity contribution in [3.8, 4) is 5.75 Å². The first kappa shape index (κ1) is 15.0. The zero-order chi connectivity index (χ0) is 14.1. The van der Waals surface area contributed by atoms with E-state index in [2.05, 4.69) is 10.7 Å². The van der Waals surface area contributed by atoms with Gasteiger partial charge < -0.3 is 10.1 Å². The molecule has 6 heteroatoms. The van der Waals surface area contributed by atoms with Crippen LogP contribution in [0.4, 0.5) is 5.69 Å². The van der Waals surface area contributed by atoms with Gasteiger partial charge in [0.1, 0.15) is 5.75 Å². The molecule has 0 heterocycles. The molecule has 0 aromatic heterocycles. The Morgan fingerprint density at radius 2 is 2.00 bits per heavy atom. The lowest BCUT2D eigenvalue weighted by Crippen LogP contribution is -2.29. The first-order valence-electron chi connectivity index (χ1n) is 6.12. The van der Waals surface area contributed by atoms with Gasteiger partial charge in [0.25, 0.3) is 0 Å². The first-order valence-corrected chi connectivity index (χ1v) is 6.12. The van der Waals surface area contributed by atoms with Gasteiger partial charge in [-0.05, 0) is 25.0 Å². The van der Waals surface area contributed by atoms with Crippen LogP contribution in [0.3, 0.4) is 0 Å². The molecule has 0 fully saturated rings. The van der Waals surface area contributed by atoms with Gasteiger partial charge in [-0.2, -0.15) is 0 Å². The average Bonchev–Trinajstić information content (AvgIpc) is 2.39. The lowest BCUT2D eigenvalue weighted by molar-refractivity contribution is -0.121. The molecule has 0 unspecified atom stereocenters. The van der Waals surface area contributed by atoms with Crippen molar-refractivity contribution in [2.24, 2.45) is 5.84 Å². The Labute approximate surface area is 112 Å². The molecule has 0 aliphatic heterocycles. The normalized spacial score (nSPS) is 9.79. The summed E-state index contributed by atoms with van der Waals surface area (Å²) in [5.74, 6) is 5.27. The largest absolute Gasteiger partial charge is 0.491 e. The summed E-state index contributed by atoms with van der Waals surface area (Å²) in [5, 5.41) is 2.70. The van der Waals surface area contributed by atoms with Crippen LogP contribution in [0.15, 0.2) is 24.3 Å². The van der Waals surface area contributed by atoms with Crippen LogP contribution in [0.25, 0.3) is 0 Å². The molecule has 0 radical (unpaired) electrons. The van der Waals surface area contributed by atoms with E-state index in [9.17, 15) is 9.59 Å². The number of rotatable bonds is 7. The maximum absolute atomic E-state index is 11.0. The fourth-order valence-corrected chi connectivity index (χ4v) is 1.53. The van der Waals surface area contributed by atoms with Crippen LogP contribution in [0, 0.1) is 0 Å². The molecule has 0 saturated heterocycles. The van der Waals surface area contributed by atoms with Crippen molar-refractivity contribution in [2.75, 3.05) is 11.9 Å². The third-order valence-corrected chi connectivity index (χ3v) is 2.41. The fourth-order valence-electron chi connectivity index (χ4n) is 1.53. The van der Waals surface area contributed by atoms with Gasteiger partial charge in [0.15, 0.2) is 0 Å². The smallest absolute Gasteiger partial charge is 0.233 e. The minimum atomic E-state index is -0.182. The number of hydrazine groups is 1. The molecule has 1 aromatic carbocycles. The number of anilines is 1. The van der Waals surface area contributed by atoms with Crippen molar-refractivity contribution in [1.29, 1.82) is 0 Å². The van der Waals surface area contributed by atoms with Gasteiger partial charge in [-0.1, -0.05) is 12.1 Å². The van der Waals surface area contributed by atoms with Crippen LogP contribution in [0.1, 0.15) is 26.2 Å². The number of ether oxygens (including phenoxy) is 1. The lowest BCUT2D eigenvalue weighted by atomic mass is 10.2. The second kappa shape index (κ2) is 8.10. The Morgan fingerprint density at radius 3 is 2.68 bits per heavy atom. The van der Waals surface area contributed by atoms with Crippen molar-refractivity contribution < 1.29 is 14.3 Å². The lowest BCUT2D eigenvalue weighted by Gasteiger charge is -2.11. The fraction of sp³-hybridized carbons (Fsp3) is 0.385. The molecule has 6 nitrogen and oxygen atoms in total. The maximum atomic E-state index is 11.0. The second-order valence-corrected chi connectivity index (χ2v) is 4.05. The highest BCUT2D eigenvalue weighted by Crippen LogP contribution is 2.23. The molecule has 0 saturated carbocycles. The highest BCUT2D eigenvalue weighted by Gasteiger charge is 2.04. The average molecular weight is 265 g/mol. The van der Waals surface area contributed by atoms with Gasteiger partial charge in [-0.25, -0.2) is 5.84 Å². The topological polar surface area (TPSA) is 93.4 Å². The van der Waals surface area contributed by atoms with Crippen LogP contribution in [-0.2, 0) is 9.59 Å². The highest BCUT2D eigenvalue weighted by atomic mass is 16.5. The monoisotopic (exact) mass is 265 g/mol. The third-order valence-electron chi connectivity index (χ3n) is 2.41. The number of benzene rings is 1. The van der Waals surface area contributed by atoms with E-state index in [4.69, 9.17) is 10.6 Å². The van der Waals surface area contributed by atoms with Gasteiger partial charge in [0.2, 0.25) is 11.8 Å². The number of amides is 2. The molecular weight excluding hydrogens is 246 g/mol. The molecule has 2 amide bonds. The second-order valence-electron chi connectivity index (χ2n) is 4.05. The number of hydrogen-bond acceptors (Lipinski definition) is 4. The molecule has 0 aliphatic rings. The van der Waals surface area contributed by atoms with Crippen LogP contribution in [0.2, 0.25) is 0 Å². The standard InChI is InChI=1S/C13H19N3O3/c1-10(17)15-11-6-2-3-7-12(11)19-9-5-4-8-13(18)16-14/h2-3,6-7H,4-5,8-9,14H2,1H3,(H,15,17)(H,16,18). The SMILES string of the molecule is CC(=O)Nc1ccccc1OCCCCC(=O)NN. The van der Waals surface area contributed by atoms with Gasteiger partial charge in [0.05, 0.1) is 12.3 Å². The molecule has 0 atom stereocenters. The summed E-state index contributed by atoms with van der Waals surface area (Å²) in [6.07, 6.45) is 1.82. The van der Waals surface area contributed by atoms with Crippen molar-refractivity contribution in [1.82, 2.24) is 5.43 Å². The minimum Gasteiger partial charge on any atom is -0.491 e. The zero-order valence-electron chi connectivity index (χ0n) is 10.9. The number of para-hydroxylation sites is 2. The van der Waals surface area contributed by atoms with Gasteiger partial charge in [0, 0.05) is 13.3 Å². The van der Waals surface area contributed by atoms with Gasteiger partial charge in [-0.15, -0.1) is 0 Å². The van der Waals surface area contributed by atoms with E-state index in [1.54, 1.807) is 12.1 Å². The van der Waals surface area contributed by atoms with Crippen molar-refractivity contribution >= 4 is 17.5 Å². The molecule has 1 rings (SSSR count). The van der Waals surface area contributed by atoms with E-state index in [1.165, 1.54) is 6.92 Å². The van der Waals surface area contributed by atoms with E-state index < -0.39 is 0 Å². The molecule has 104 valence electrons. The van der Waals surface area contributed by atoms with Gasteiger partial charge >= 0.3 is 0 Å². The Balaban J connectivity index is 2.36. The summed E-state index contributed by atoms with van der Waals surface area (Å²) in [6.45, 7) is 1.93. The first-order chi connectivity index (χ1) is 9.13. The Bertz CT molecular complexity index is 435. The third kappa shape index (κ3) is 5.87. The summed E-state index contributed by atoms with van der Waals surface area (Å²) < 4.78 is 5.58. The van der Waals surface area contributed by atoms with Crippen LogP contribution in [-0.4, -0.2) is 18.4 Å². The Hall–Kier alpha value is -2.08. The molecule has 1 aromatic rings. The number of unbranched alkanes of at least 4 members (excludes halogenated alkanes) is 1. The summed E-state index contributed by atoms with van der Waals surface area (Å²) in [5.41, 5.74) is 2.72. The van der Waals surface area contributed by atoms with E-state index in [0.29, 0.717) is 30.9 Å². The molecular formula is C13H19N3O3. The highest BCUT2D eigenvalue weighted by molar-refractivity contribution is 5.90. The van der Waals surface area contributed by atoms with Crippen LogP contribution < -0.4 is 21.3 Å². The van der Waals surface area contributed by atoms with E-state index in [0.717, 1.165) is 6.42 Å². The Morgan fingerprint density at radius 1 is 1.26 bits per heavy atom. The van der Waals surface area contributed by atoms with Crippen molar-refractivity contribution in [3.63, 3.8) is 0 Å². The number of hydrogen-bond donors (Lipinski definition) is 3. The molecule has 4 N–H and O–H groups in total. The molecule has 0 bridgehead atoms. The predicted molar refractivity (Wildman–Crippen MR) is 72.4 cm³/mol. The summed E-state index contributed by atoms with van der Waals surface area (Å²) in [7, 11) is 0. The van der Waals surface area contributed by atoms with Crippen LogP contribution >= 0.6 is 0 Å². The number of carbonyl (C=O) groups is 2. The zero-order valence-corrected chi connectivity index (χ0v) is 10.9. The minimum absolute atomic E-state index is 0.143. The number of nitrogens with one attached hydrogen (secondary N) is 2. The Kier molecular flexibility index (Phi) is 6.38. The van der Waals surface area contributed by atoms with Crippen LogP contribution in [0.5, 0.6) is 5.75 Å². The van der Waals surface area contributed by atoms with Crippen molar-refractivity contribution in [2.45, 2.75) is 26.2 Å². The maximum Gasteiger partial charge on any atom is 0.233 e. The molecule has 0 aliphatic carbocycles. The van der Waals surface area contributed by atoms with Gasteiger partial charge in [-0.3, -0.25) is 15.0 Å². The van der Waals surface area contributed by atoms with E-state index in [-0.39, 0.29) is 11.8 Å². The predicted octanol–water partition coefficient (Wildman–Crippen LogP) is 1.18. The quantitative estimate of drug-likeness (QED) is 0.299. The number of nitrogens with two attached hydrogens (primary N) is 1. The summed E-state index contributed by atoms with van der Waals surface area (Å²) in [4.78, 5) is 21.9. The molecule has 0 spiro atoms. The van der Waals surface area contributed by atoms with Crippen molar-refractivity contribution in [3.05, 3.63) is 24.3 Å². The number of carbonyl (C=O) groups excluding carboxylic acids is 2. The van der Waals surface area contributed by atoms with E-state index >= 15 is 0 Å². The summed E-state index contributed by atoms with van der Waals surface area (Å²) in [6, 6.07) is 7.22. The van der Waals surface area contributed by atoms with E-state index in [1.807, 2.05) is 12.1 Å².